The molecular weight excluding hydrogens is 422 g/mol. The lowest BCUT2D eigenvalue weighted by atomic mass is 9.91. The molecule has 0 saturated carbocycles. The number of allylic oxidation sites excluding steroid dienone is 1. The highest BCUT2D eigenvalue weighted by Gasteiger charge is 2.32. The molecule has 1 aliphatic carbocycles. The number of sulfonamides is 1. The van der Waals surface area contributed by atoms with Gasteiger partial charge in [0.15, 0.2) is 0 Å². The van der Waals surface area contributed by atoms with Crippen LogP contribution in [0.2, 0.25) is 0 Å². The zero-order valence-corrected chi connectivity index (χ0v) is 19.5. The maximum absolute atomic E-state index is 11.9. The summed E-state index contributed by atoms with van der Waals surface area (Å²) in [5.74, 6) is 0.113. The lowest BCUT2D eigenvalue weighted by Gasteiger charge is -2.39. The quantitative estimate of drug-likeness (QED) is 0.660. The van der Waals surface area contributed by atoms with E-state index in [4.69, 9.17) is 4.74 Å². The van der Waals surface area contributed by atoms with Gasteiger partial charge in [-0.25, -0.2) is 13.1 Å². The third kappa shape index (κ3) is 6.72. The fourth-order valence-electron chi connectivity index (χ4n) is 4.71. The molecule has 0 amide bonds. The third-order valence-corrected chi connectivity index (χ3v) is 7.08. The molecule has 3 atom stereocenters. The van der Waals surface area contributed by atoms with Crippen molar-refractivity contribution in [3.63, 3.8) is 0 Å². The minimum Gasteiger partial charge on any atom is -0.377 e. The van der Waals surface area contributed by atoms with Crippen LogP contribution in [0.1, 0.15) is 36.9 Å². The molecule has 2 heterocycles. The van der Waals surface area contributed by atoms with Crippen LogP contribution >= 0.6 is 0 Å². The van der Waals surface area contributed by atoms with Gasteiger partial charge in [-0.15, -0.1) is 0 Å². The first-order chi connectivity index (χ1) is 15.5. The Morgan fingerprint density at radius 3 is 2.62 bits per heavy atom. The summed E-state index contributed by atoms with van der Waals surface area (Å²) in [7, 11) is -3.26. The first-order valence-electron chi connectivity index (χ1n) is 11.4. The zero-order chi connectivity index (χ0) is 22.4. The lowest BCUT2D eigenvalue weighted by molar-refractivity contribution is -0.00354. The number of aromatic nitrogens is 1. The molecule has 0 bridgehead atoms. The van der Waals surface area contributed by atoms with Gasteiger partial charge in [-0.3, -0.25) is 9.88 Å². The number of rotatable bonds is 8. The van der Waals surface area contributed by atoms with E-state index >= 15 is 0 Å². The van der Waals surface area contributed by atoms with Crippen LogP contribution < -0.4 is 4.72 Å². The lowest BCUT2D eigenvalue weighted by Crippen LogP contribution is -2.52. The molecule has 1 fully saturated rings. The molecule has 32 heavy (non-hydrogen) atoms. The average Bonchev–Trinajstić information content (AvgIpc) is 2.80. The van der Waals surface area contributed by atoms with Gasteiger partial charge < -0.3 is 4.74 Å². The van der Waals surface area contributed by atoms with Crippen molar-refractivity contribution < 1.29 is 13.2 Å². The van der Waals surface area contributed by atoms with E-state index in [1.807, 2.05) is 30.5 Å². The van der Waals surface area contributed by atoms with Crippen molar-refractivity contribution in [1.29, 1.82) is 0 Å². The molecule has 1 unspecified atom stereocenters. The molecule has 1 aromatic carbocycles. The van der Waals surface area contributed by atoms with Crippen LogP contribution in [0.4, 0.5) is 0 Å². The molecule has 172 valence electrons. The fourth-order valence-corrected chi connectivity index (χ4v) is 5.57. The van der Waals surface area contributed by atoms with Gasteiger partial charge in [0.25, 0.3) is 0 Å². The van der Waals surface area contributed by atoms with Gasteiger partial charge in [0.2, 0.25) is 10.0 Å². The third-order valence-electron chi connectivity index (χ3n) is 6.35. The smallest absolute Gasteiger partial charge is 0.208 e. The molecule has 1 aromatic heterocycles. The van der Waals surface area contributed by atoms with Crippen molar-refractivity contribution in [2.24, 2.45) is 5.92 Å². The molecule has 2 aliphatic rings. The minimum absolute atomic E-state index is 0.0935. The molecule has 1 aliphatic heterocycles. The van der Waals surface area contributed by atoms with Gasteiger partial charge in [-0.2, -0.15) is 0 Å². The number of ether oxygens (including phenoxy) is 1. The van der Waals surface area contributed by atoms with Crippen molar-refractivity contribution in [3.8, 4) is 0 Å². The van der Waals surface area contributed by atoms with Crippen molar-refractivity contribution in [1.82, 2.24) is 14.6 Å². The van der Waals surface area contributed by atoms with E-state index in [1.54, 1.807) is 0 Å². The van der Waals surface area contributed by atoms with E-state index in [9.17, 15) is 8.42 Å². The number of pyridine rings is 1. The summed E-state index contributed by atoms with van der Waals surface area (Å²) >= 11 is 0. The molecule has 0 spiro atoms. The average molecular weight is 456 g/mol. The van der Waals surface area contributed by atoms with E-state index in [-0.39, 0.29) is 18.1 Å². The summed E-state index contributed by atoms with van der Waals surface area (Å²) in [6.07, 6.45) is 9.22. The molecule has 0 radical (unpaired) electrons. The Labute approximate surface area is 191 Å². The van der Waals surface area contributed by atoms with Gasteiger partial charge in [0.05, 0.1) is 24.7 Å². The number of likely N-dealkylation sites (tertiary alicyclic amines) is 1. The summed E-state index contributed by atoms with van der Waals surface area (Å²) in [4.78, 5) is 6.79. The highest BCUT2D eigenvalue weighted by molar-refractivity contribution is 7.88. The largest absolute Gasteiger partial charge is 0.377 e. The standard InChI is InChI=1S/C25H33N3O3S/c1-32(29,30)27-25-14-16-28(18-23-9-5-6-15-26-23)17-22(25)19-31-24-12-10-21(11-13-24)20-7-3-2-4-8-20/h2-10,15,22,24-25,27H,11-14,16-19H2,1H3/t22-,24?,25-/m0/s1. The predicted molar refractivity (Wildman–Crippen MR) is 127 cm³/mol. The number of nitrogens with zero attached hydrogens (tertiary/aromatic N) is 2. The molecule has 1 saturated heterocycles. The van der Waals surface area contributed by atoms with Crippen LogP contribution in [0.5, 0.6) is 0 Å². The van der Waals surface area contributed by atoms with Gasteiger partial charge >= 0.3 is 0 Å². The maximum Gasteiger partial charge on any atom is 0.208 e. The molecule has 7 heteroatoms. The number of nitrogens with one attached hydrogen (secondary N) is 1. The Balaban J connectivity index is 1.35. The van der Waals surface area contributed by atoms with E-state index in [1.165, 1.54) is 17.4 Å². The van der Waals surface area contributed by atoms with Crippen molar-refractivity contribution in [2.45, 2.75) is 44.4 Å². The summed E-state index contributed by atoms with van der Waals surface area (Å²) < 4.78 is 33.0. The van der Waals surface area contributed by atoms with E-state index in [2.05, 4.69) is 44.9 Å². The van der Waals surface area contributed by atoms with Crippen LogP contribution in [0.25, 0.3) is 5.57 Å². The SMILES string of the molecule is CS(=O)(=O)N[C@H]1CCN(Cc2ccccn2)C[C@H]1COC1CC=C(c2ccccc2)CC1. The molecule has 1 N–H and O–H groups in total. The van der Waals surface area contributed by atoms with Crippen molar-refractivity contribution >= 4 is 15.6 Å². The second-order valence-electron chi connectivity index (χ2n) is 8.93. The van der Waals surface area contributed by atoms with E-state index in [0.29, 0.717) is 6.61 Å². The van der Waals surface area contributed by atoms with Gasteiger partial charge in [0, 0.05) is 37.8 Å². The summed E-state index contributed by atoms with van der Waals surface area (Å²) in [5, 5.41) is 0. The fraction of sp³-hybridized carbons (Fsp3) is 0.480. The second kappa shape index (κ2) is 10.7. The second-order valence-corrected chi connectivity index (χ2v) is 10.7. The van der Waals surface area contributed by atoms with Crippen molar-refractivity contribution in [2.75, 3.05) is 26.0 Å². The van der Waals surface area contributed by atoms with Crippen LogP contribution in [0.3, 0.4) is 0 Å². The highest BCUT2D eigenvalue weighted by Crippen LogP contribution is 2.29. The Hall–Kier alpha value is -2.06. The Morgan fingerprint density at radius 1 is 1.12 bits per heavy atom. The van der Waals surface area contributed by atoms with Gasteiger partial charge in [-0.05, 0) is 49.0 Å². The van der Waals surface area contributed by atoms with E-state index in [0.717, 1.165) is 51.0 Å². The number of piperidine rings is 1. The minimum atomic E-state index is -3.26. The monoisotopic (exact) mass is 455 g/mol. The first-order valence-corrected chi connectivity index (χ1v) is 13.3. The van der Waals surface area contributed by atoms with E-state index < -0.39 is 10.0 Å². The van der Waals surface area contributed by atoms with Crippen LogP contribution in [-0.4, -0.2) is 56.4 Å². The summed E-state index contributed by atoms with van der Waals surface area (Å²) in [6.45, 7) is 2.97. The molecular formula is C25H33N3O3S. The maximum atomic E-state index is 11.9. The van der Waals surface area contributed by atoms with Crippen LogP contribution in [0, 0.1) is 5.92 Å². The summed E-state index contributed by atoms with van der Waals surface area (Å²) in [6, 6.07) is 16.4. The normalized spacial score (nSPS) is 24.8. The number of hydrogen-bond donors (Lipinski definition) is 1. The Kier molecular flexibility index (Phi) is 7.73. The van der Waals surface area contributed by atoms with Crippen LogP contribution in [-0.2, 0) is 21.3 Å². The van der Waals surface area contributed by atoms with Gasteiger partial charge in [-0.1, -0.05) is 42.5 Å². The Bertz CT molecular complexity index is 996. The number of benzene rings is 1. The first kappa shape index (κ1) is 23.1. The molecule has 2 aromatic rings. The summed E-state index contributed by atoms with van der Waals surface area (Å²) in [5.41, 5.74) is 3.72. The van der Waals surface area contributed by atoms with Crippen molar-refractivity contribution in [3.05, 3.63) is 72.1 Å². The number of hydrogen-bond acceptors (Lipinski definition) is 5. The molecule has 6 nitrogen and oxygen atoms in total. The zero-order valence-electron chi connectivity index (χ0n) is 18.7. The topological polar surface area (TPSA) is 71.5 Å². The van der Waals surface area contributed by atoms with Gasteiger partial charge in [0.1, 0.15) is 0 Å². The molecule has 4 rings (SSSR count). The van der Waals surface area contributed by atoms with Crippen LogP contribution in [0.15, 0.2) is 60.8 Å². The highest BCUT2D eigenvalue weighted by atomic mass is 32.2. The predicted octanol–water partition coefficient (Wildman–Crippen LogP) is 3.47. The Morgan fingerprint density at radius 2 is 1.94 bits per heavy atom.